The molecule has 80 valence electrons. The van der Waals surface area contributed by atoms with Crippen LogP contribution in [0.5, 0.6) is 0 Å². The first-order chi connectivity index (χ1) is 7.13. The normalized spacial score (nSPS) is 9.13. The lowest BCUT2D eigenvalue weighted by atomic mass is 10.6. The van der Waals surface area contributed by atoms with Crippen LogP contribution in [-0.2, 0) is 0 Å². The van der Waals surface area contributed by atoms with Crippen molar-refractivity contribution in [2.45, 2.75) is 0 Å². The van der Waals surface area contributed by atoms with Gasteiger partial charge in [-0.15, -0.1) is 0 Å². The van der Waals surface area contributed by atoms with Crippen molar-refractivity contribution in [1.82, 2.24) is 20.7 Å². The number of carbonyl (C=O) groups is 1. The summed E-state index contributed by atoms with van der Waals surface area (Å²) in [4.78, 5) is 27.5. The first-order valence-electron chi connectivity index (χ1n) is 3.83. The van der Waals surface area contributed by atoms with Crippen LogP contribution in [0.2, 0.25) is 0 Å². The Kier molecular flexibility index (Phi) is 3.33. The van der Waals surface area contributed by atoms with Crippen molar-refractivity contribution in [3.8, 4) is 0 Å². The van der Waals surface area contributed by atoms with Crippen molar-refractivity contribution in [2.75, 3.05) is 12.5 Å². The van der Waals surface area contributed by atoms with Crippen molar-refractivity contribution in [1.29, 1.82) is 0 Å². The number of nitrogens with zero attached hydrogens (tertiary/aromatic N) is 3. The number of urea groups is 1. The smallest absolute Gasteiger partial charge is 0.333 e. The van der Waals surface area contributed by atoms with Crippen molar-refractivity contribution in [2.24, 2.45) is 0 Å². The van der Waals surface area contributed by atoms with Gasteiger partial charge in [-0.25, -0.2) is 20.2 Å². The van der Waals surface area contributed by atoms with E-state index in [0.29, 0.717) is 0 Å². The minimum absolute atomic E-state index is 0.0594. The summed E-state index contributed by atoms with van der Waals surface area (Å²) in [5, 5.41) is 12.5. The molecule has 9 heteroatoms. The number of carbonyl (C=O) groups excluding carboxylic acids is 1. The molecule has 0 spiro atoms. The maximum absolute atomic E-state index is 10.7. The van der Waals surface area contributed by atoms with Gasteiger partial charge in [0.15, 0.2) is 0 Å². The maximum Gasteiger partial charge on any atom is 0.333 e. The summed E-state index contributed by atoms with van der Waals surface area (Å²) in [6.45, 7) is 0. The second-order valence-corrected chi connectivity index (χ2v) is 2.35. The molecule has 1 aromatic heterocycles. The zero-order chi connectivity index (χ0) is 11.3. The number of nitro groups is 1. The van der Waals surface area contributed by atoms with E-state index < -0.39 is 11.0 Å². The van der Waals surface area contributed by atoms with Crippen LogP contribution >= 0.6 is 0 Å². The maximum atomic E-state index is 10.7. The minimum atomic E-state index is -0.615. The first-order valence-corrected chi connectivity index (χ1v) is 3.83. The average molecular weight is 212 g/mol. The van der Waals surface area contributed by atoms with Crippen LogP contribution < -0.4 is 16.2 Å². The molecule has 1 heterocycles. The average Bonchev–Trinajstić information content (AvgIpc) is 2.26. The second-order valence-electron chi connectivity index (χ2n) is 2.35. The van der Waals surface area contributed by atoms with Crippen LogP contribution in [0.3, 0.4) is 0 Å². The Bertz CT molecular complexity index is 364. The van der Waals surface area contributed by atoms with E-state index in [1.807, 2.05) is 0 Å². The molecule has 0 aliphatic rings. The molecule has 3 N–H and O–H groups in total. The number of anilines is 1. The molecule has 0 atom stereocenters. The first kappa shape index (κ1) is 10.6. The third kappa shape index (κ3) is 3.06. The van der Waals surface area contributed by atoms with Gasteiger partial charge in [0.1, 0.15) is 12.4 Å². The van der Waals surface area contributed by atoms with Gasteiger partial charge in [-0.1, -0.05) is 0 Å². The van der Waals surface area contributed by atoms with Gasteiger partial charge in [-0.05, 0) is 0 Å². The largest absolute Gasteiger partial charge is 0.340 e. The Hall–Kier alpha value is -2.45. The molecular weight excluding hydrogens is 204 g/mol. The molecule has 0 saturated carbocycles. The van der Waals surface area contributed by atoms with Crippen LogP contribution in [0, 0.1) is 10.1 Å². The molecule has 0 unspecified atom stereocenters. The Morgan fingerprint density at radius 2 is 2.07 bits per heavy atom. The van der Waals surface area contributed by atoms with Gasteiger partial charge in [0.2, 0.25) is 5.95 Å². The molecule has 0 radical (unpaired) electrons. The van der Waals surface area contributed by atoms with Crippen LogP contribution in [-0.4, -0.2) is 28.0 Å². The predicted octanol–water partition coefficient (Wildman–Crippen LogP) is -0.359. The van der Waals surface area contributed by atoms with Crippen molar-refractivity contribution < 1.29 is 9.72 Å². The molecule has 9 nitrogen and oxygen atoms in total. The van der Waals surface area contributed by atoms with Gasteiger partial charge >= 0.3 is 11.7 Å². The van der Waals surface area contributed by atoms with E-state index in [1.165, 1.54) is 7.05 Å². The van der Waals surface area contributed by atoms with E-state index >= 15 is 0 Å². The van der Waals surface area contributed by atoms with Crippen LogP contribution in [0.4, 0.5) is 16.4 Å². The monoisotopic (exact) mass is 212 g/mol. The minimum Gasteiger partial charge on any atom is -0.340 e. The Labute approximate surface area is 84.0 Å². The lowest BCUT2D eigenvalue weighted by Gasteiger charge is -2.04. The number of hydrogen-bond donors (Lipinski definition) is 3. The van der Waals surface area contributed by atoms with E-state index in [2.05, 4.69) is 26.1 Å². The van der Waals surface area contributed by atoms with Gasteiger partial charge in [0.25, 0.3) is 0 Å². The number of nitrogens with one attached hydrogen (secondary N) is 3. The quantitative estimate of drug-likeness (QED) is 0.464. The fourth-order valence-corrected chi connectivity index (χ4v) is 0.655. The molecule has 0 fully saturated rings. The van der Waals surface area contributed by atoms with Gasteiger partial charge in [-0.2, -0.15) is 0 Å². The van der Waals surface area contributed by atoms with E-state index in [9.17, 15) is 14.9 Å². The third-order valence-corrected chi connectivity index (χ3v) is 1.36. The summed E-state index contributed by atoms with van der Waals surface area (Å²) in [5.74, 6) is 0.0594. The standard InChI is InChI=1S/C6H8N6O3/c1-7-6(13)11-10-5-8-2-4(3-9-5)12(14)15/h2-3H,1H3,(H2,7,11,13)(H,8,9,10). The van der Waals surface area contributed by atoms with Gasteiger partial charge in [0, 0.05) is 7.05 Å². The molecule has 0 aliphatic carbocycles. The van der Waals surface area contributed by atoms with Crippen molar-refractivity contribution in [3.05, 3.63) is 22.5 Å². The second kappa shape index (κ2) is 4.69. The molecule has 1 rings (SSSR count). The van der Waals surface area contributed by atoms with E-state index in [0.717, 1.165) is 12.4 Å². The zero-order valence-electron chi connectivity index (χ0n) is 7.72. The Morgan fingerprint density at radius 1 is 1.47 bits per heavy atom. The topological polar surface area (TPSA) is 122 Å². The van der Waals surface area contributed by atoms with Crippen LogP contribution in [0.1, 0.15) is 0 Å². The fourth-order valence-electron chi connectivity index (χ4n) is 0.655. The van der Waals surface area contributed by atoms with E-state index in [-0.39, 0.29) is 11.6 Å². The SMILES string of the molecule is CNC(=O)NNc1ncc([N+](=O)[O-])cn1. The predicted molar refractivity (Wildman–Crippen MR) is 49.9 cm³/mol. The molecule has 15 heavy (non-hydrogen) atoms. The summed E-state index contributed by atoms with van der Waals surface area (Å²) in [6, 6.07) is -0.475. The van der Waals surface area contributed by atoms with Gasteiger partial charge < -0.3 is 5.32 Å². The van der Waals surface area contributed by atoms with E-state index in [4.69, 9.17) is 0 Å². The number of hydrazine groups is 1. The lowest BCUT2D eigenvalue weighted by molar-refractivity contribution is -0.385. The van der Waals surface area contributed by atoms with E-state index in [1.54, 1.807) is 0 Å². The summed E-state index contributed by atoms with van der Waals surface area (Å²) in [7, 11) is 1.44. The zero-order valence-corrected chi connectivity index (χ0v) is 7.72. The molecule has 1 aromatic rings. The van der Waals surface area contributed by atoms with Crippen molar-refractivity contribution >= 4 is 17.7 Å². The summed E-state index contributed by atoms with van der Waals surface area (Å²) < 4.78 is 0. The summed E-state index contributed by atoms with van der Waals surface area (Å²) in [6.07, 6.45) is 2.06. The van der Waals surface area contributed by atoms with Gasteiger partial charge in [0.05, 0.1) is 4.92 Å². The lowest BCUT2D eigenvalue weighted by Crippen LogP contribution is -2.37. The Morgan fingerprint density at radius 3 is 2.53 bits per heavy atom. The fraction of sp³-hybridized carbons (Fsp3) is 0.167. The molecule has 0 aliphatic heterocycles. The molecule has 0 aromatic carbocycles. The highest BCUT2D eigenvalue weighted by Crippen LogP contribution is 2.06. The number of aromatic nitrogens is 2. The molecular formula is C6H8N6O3. The van der Waals surface area contributed by atoms with Crippen molar-refractivity contribution in [3.63, 3.8) is 0 Å². The molecule has 0 bridgehead atoms. The highest BCUT2D eigenvalue weighted by Gasteiger charge is 2.06. The number of hydrogen-bond acceptors (Lipinski definition) is 6. The third-order valence-electron chi connectivity index (χ3n) is 1.36. The van der Waals surface area contributed by atoms with Gasteiger partial charge in [-0.3, -0.25) is 15.5 Å². The molecule has 0 saturated heterocycles. The van der Waals surface area contributed by atoms with Crippen LogP contribution in [0.15, 0.2) is 12.4 Å². The summed E-state index contributed by atoms with van der Waals surface area (Å²) >= 11 is 0. The van der Waals surface area contributed by atoms with Crippen LogP contribution in [0.25, 0.3) is 0 Å². The highest BCUT2D eigenvalue weighted by atomic mass is 16.6. The summed E-state index contributed by atoms with van der Waals surface area (Å²) in [5.41, 5.74) is 4.34. The number of rotatable bonds is 3. The number of amides is 2. The molecule has 2 amide bonds. The highest BCUT2D eigenvalue weighted by molar-refractivity contribution is 5.74. The Balaban J connectivity index is 2.57.